The lowest BCUT2D eigenvalue weighted by molar-refractivity contribution is 0.100. The summed E-state index contributed by atoms with van der Waals surface area (Å²) in [5.41, 5.74) is 0.379. The van der Waals surface area contributed by atoms with Crippen molar-refractivity contribution in [3.63, 3.8) is 0 Å². The monoisotopic (exact) mass is 296 g/mol. The van der Waals surface area contributed by atoms with E-state index in [0.717, 1.165) is 11.3 Å². The molecule has 1 aromatic heterocycles. The molecule has 0 saturated carbocycles. The Morgan fingerprint density at radius 1 is 1.42 bits per heavy atom. The van der Waals surface area contributed by atoms with Crippen molar-refractivity contribution in [1.82, 2.24) is 4.98 Å². The maximum Gasteiger partial charge on any atom is 0.261 e. The largest absolute Gasteiger partial charge is 0.507 e. The molecule has 0 atom stereocenters. The Morgan fingerprint density at radius 3 is 2.74 bits per heavy atom. The number of benzene rings is 1. The first-order chi connectivity index (χ1) is 8.97. The van der Waals surface area contributed by atoms with E-state index >= 15 is 0 Å². The maximum atomic E-state index is 11.9. The number of Topliss-reactive ketones (excluding diaryl/α,β-unsaturated/α-hetero) is 1. The number of hydrogen-bond donors (Lipinski definition) is 2. The van der Waals surface area contributed by atoms with Gasteiger partial charge >= 0.3 is 0 Å². The topological polar surface area (TPSA) is 79.3 Å². The summed E-state index contributed by atoms with van der Waals surface area (Å²) in [7, 11) is 0. The number of rotatable bonds is 3. The molecule has 1 aromatic carbocycles. The number of ketones is 1. The zero-order valence-corrected chi connectivity index (χ0v) is 11.4. The summed E-state index contributed by atoms with van der Waals surface area (Å²) in [5.74, 6) is -0.905. The van der Waals surface area contributed by atoms with Crippen LogP contribution in [0.3, 0.4) is 0 Å². The van der Waals surface area contributed by atoms with Crippen molar-refractivity contribution in [2.75, 3.05) is 5.32 Å². The maximum absolute atomic E-state index is 11.9. The smallest absolute Gasteiger partial charge is 0.261 e. The van der Waals surface area contributed by atoms with E-state index in [9.17, 15) is 14.7 Å². The lowest BCUT2D eigenvalue weighted by Crippen LogP contribution is -2.12. The molecule has 0 aliphatic rings. The third-order valence-electron chi connectivity index (χ3n) is 2.29. The number of carbonyl (C=O) groups excluding carboxylic acids is 2. The molecule has 0 bridgehead atoms. The zero-order chi connectivity index (χ0) is 14.0. The number of phenols is 1. The van der Waals surface area contributed by atoms with E-state index < -0.39 is 5.91 Å². The van der Waals surface area contributed by atoms with E-state index in [4.69, 9.17) is 11.6 Å². The van der Waals surface area contributed by atoms with E-state index in [0.29, 0.717) is 15.8 Å². The van der Waals surface area contributed by atoms with Crippen LogP contribution in [-0.4, -0.2) is 21.8 Å². The van der Waals surface area contributed by atoms with Crippen LogP contribution in [0.1, 0.15) is 27.8 Å². The van der Waals surface area contributed by atoms with Gasteiger partial charge in [-0.1, -0.05) is 11.6 Å². The number of aromatic hydroxyl groups is 1. The number of nitrogens with zero attached hydrogens (tertiary/aromatic N) is 1. The van der Waals surface area contributed by atoms with Crippen molar-refractivity contribution < 1.29 is 14.7 Å². The lowest BCUT2D eigenvalue weighted by atomic mass is 10.2. The van der Waals surface area contributed by atoms with E-state index in [1.54, 1.807) is 5.38 Å². The van der Waals surface area contributed by atoms with Gasteiger partial charge in [-0.05, 0) is 18.2 Å². The molecule has 7 heteroatoms. The molecule has 0 fully saturated rings. The van der Waals surface area contributed by atoms with Gasteiger partial charge < -0.3 is 5.11 Å². The molecule has 1 heterocycles. The van der Waals surface area contributed by atoms with Crippen LogP contribution in [0.5, 0.6) is 5.75 Å². The summed E-state index contributed by atoms with van der Waals surface area (Å²) in [6.07, 6.45) is 0. The van der Waals surface area contributed by atoms with Gasteiger partial charge in [0.05, 0.1) is 5.56 Å². The third kappa shape index (κ3) is 3.10. The molecule has 2 N–H and O–H groups in total. The highest BCUT2D eigenvalue weighted by molar-refractivity contribution is 7.14. The number of aromatic nitrogens is 1. The van der Waals surface area contributed by atoms with Crippen molar-refractivity contribution in [2.24, 2.45) is 0 Å². The van der Waals surface area contributed by atoms with Crippen molar-refractivity contribution in [3.8, 4) is 5.75 Å². The van der Waals surface area contributed by atoms with E-state index in [1.807, 2.05) is 0 Å². The van der Waals surface area contributed by atoms with Gasteiger partial charge in [0.1, 0.15) is 11.4 Å². The number of phenolic OH excluding ortho intramolecular Hbond substituents is 1. The van der Waals surface area contributed by atoms with Crippen LogP contribution >= 0.6 is 22.9 Å². The average molecular weight is 297 g/mol. The third-order valence-corrected chi connectivity index (χ3v) is 3.28. The molecular weight excluding hydrogens is 288 g/mol. The quantitative estimate of drug-likeness (QED) is 0.854. The predicted molar refractivity (Wildman–Crippen MR) is 73.2 cm³/mol. The highest BCUT2D eigenvalue weighted by Gasteiger charge is 2.14. The van der Waals surface area contributed by atoms with Crippen LogP contribution in [-0.2, 0) is 0 Å². The number of hydrogen-bond acceptors (Lipinski definition) is 5. The minimum atomic E-state index is -0.515. The molecule has 0 aliphatic heterocycles. The van der Waals surface area contributed by atoms with Crippen molar-refractivity contribution in [1.29, 1.82) is 0 Å². The second-order valence-electron chi connectivity index (χ2n) is 3.71. The number of carbonyl (C=O) groups is 2. The summed E-state index contributed by atoms with van der Waals surface area (Å²) >= 11 is 6.82. The summed E-state index contributed by atoms with van der Waals surface area (Å²) in [6.45, 7) is 1.39. The van der Waals surface area contributed by atoms with E-state index in [2.05, 4.69) is 10.3 Å². The molecule has 2 rings (SSSR count). The highest BCUT2D eigenvalue weighted by atomic mass is 35.5. The summed E-state index contributed by atoms with van der Waals surface area (Å²) in [4.78, 5) is 26.9. The van der Waals surface area contributed by atoms with Crippen LogP contribution in [0.2, 0.25) is 5.02 Å². The van der Waals surface area contributed by atoms with Gasteiger partial charge in [-0.3, -0.25) is 14.9 Å². The van der Waals surface area contributed by atoms with Gasteiger partial charge in [0.2, 0.25) is 0 Å². The Bertz CT molecular complexity index is 654. The zero-order valence-electron chi connectivity index (χ0n) is 9.81. The van der Waals surface area contributed by atoms with Crippen LogP contribution in [0.25, 0.3) is 0 Å². The Labute approximate surface area is 117 Å². The second-order valence-corrected chi connectivity index (χ2v) is 5.00. The molecule has 0 radical (unpaired) electrons. The van der Waals surface area contributed by atoms with Crippen LogP contribution in [0, 0.1) is 0 Å². The molecule has 98 valence electrons. The Hall–Kier alpha value is -1.92. The fourth-order valence-corrected chi connectivity index (χ4v) is 2.27. The van der Waals surface area contributed by atoms with Gasteiger partial charge in [-0.15, -0.1) is 11.3 Å². The Balaban J connectivity index is 2.18. The van der Waals surface area contributed by atoms with Crippen molar-refractivity contribution in [3.05, 3.63) is 39.9 Å². The molecule has 2 aromatic rings. The number of amides is 1. The summed E-state index contributed by atoms with van der Waals surface area (Å²) < 4.78 is 0. The van der Waals surface area contributed by atoms with Gasteiger partial charge in [-0.2, -0.15) is 0 Å². The fourth-order valence-electron chi connectivity index (χ4n) is 1.35. The fraction of sp³-hybridized carbons (Fsp3) is 0.0833. The molecule has 5 nitrogen and oxygen atoms in total. The van der Waals surface area contributed by atoms with Crippen LogP contribution in [0.15, 0.2) is 23.6 Å². The minimum absolute atomic E-state index is 0.0870. The Morgan fingerprint density at radius 2 is 2.16 bits per heavy atom. The van der Waals surface area contributed by atoms with E-state index in [-0.39, 0.29) is 17.1 Å². The second kappa shape index (κ2) is 5.38. The van der Waals surface area contributed by atoms with E-state index in [1.165, 1.54) is 25.1 Å². The van der Waals surface area contributed by atoms with Gasteiger partial charge in [0, 0.05) is 17.3 Å². The van der Waals surface area contributed by atoms with Crippen molar-refractivity contribution in [2.45, 2.75) is 6.92 Å². The lowest BCUT2D eigenvalue weighted by Gasteiger charge is -2.04. The SMILES string of the molecule is CC(=O)c1csc(NC(=O)c2ccc(Cl)cc2O)n1. The summed E-state index contributed by atoms with van der Waals surface area (Å²) in [6, 6.07) is 4.19. The molecule has 0 saturated heterocycles. The van der Waals surface area contributed by atoms with Gasteiger partial charge in [-0.25, -0.2) is 4.98 Å². The van der Waals surface area contributed by atoms with Gasteiger partial charge in [0.15, 0.2) is 10.9 Å². The molecule has 0 aliphatic carbocycles. The molecule has 0 unspecified atom stereocenters. The molecule has 0 spiro atoms. The van der Waals surface area contributed by atoms with Crippen LogP contribution in [0.4, 0.5) is 5.13 Å². The molecule has 1 amide bonds. The number of nitrogens with one attached hydrogen (secondary N) is 1. The normalized spacial score (nSPS) is 10.2. The number of thiazole rings is 1. The van der Waals surface area contributed by atoms with Gasteiger partial charge in [0.25, 0.3) is 5.91 Å². The number of halogens is 1. The first-order valence-corrected chi connectivity index (χ1v) is 6.49. The van der Waals surface area contributed by atoms with Crippen LogP contribution < -0.4 is 5.32 Å². The molecular formula is C12H9ClN2O3S. The molecule has 19 heavy (non-hydrogen) atoms. The summed E-state index contributed by atoms with van der Waals surface area (Å²) in [5, 5.41) is 14.3. The predicted octanol–water partition coefficient (Wildman–Crippen LogP) is 2.96. The first-order valence-electron chi connectivity index (χ1n) is 5.23. The Kier molecular flexibility index (Phi) is 3.82. The minimum Gasteiger partial charge on any atom is -0.507 e. The first kappa shape index (κ1) is 13.5. The highest BCUT2D eigenvalue weighted by Crippen LogP contribution is 2.23. The number of anilines is 1. The standard InChI is InChI=1S/C12H9ClN2O3S/c1-6(16)9-5-19-12(14-9)15-11(18)8-3-2-7(13)4-10(8)17/h2-5,17H,1H3,(H,14,15,18). The average Bonchev–Trinajstić information content (AvgIpc) is 2.77. The van der Waals surface area contributed by atoms with Crippen molar-refractivity contribution >= 4 is 39.8 Å².